The third kappa shape index (κ3) is 5.31. The van der Waals surface area contributed by atoms with Crippen LogP contribution in [0, 0.1) is 0 Å². The Balaban J connectivity index is 2.46. The molecule has 1 fully saturated rings. The predicted octanol–water partition coefficient (Wildman–Crippen LogP) is -0.0869. The van der Waals surface area contributed by atoms with Crippen molar-refractivity contribution in [2.24, 2.45) is 5.73 Å². The molecule has 0 aromatic heterocycles. The fourth-order valence-electron chi connectivity index (χ4n) is 2.28. The van der Waals surface area contributed by atoms with Crippen LogP contribution in [0.5, 0.6) is 0 Å². The molecule has 0 unspecified atom stereocenters. The normalized spacial score (nSPS) is 18.9. The Kier molecular flexibility index (Phi) is 6.61. The maximum absolute atomic E-state index is 12.1. The molecular weight excluding hydrogens is 284 g/mol. The zero-order valence-corrected chi connectivity index (χ0v) is 13.3. The van der Waals surface area contributed by atoms with Crippen molar-refractivity contribution in [2.45, 2.75) is 32.7 Å². The number of rotatable bonds is 7. The molecule has 0 aromatic rings. The van der Waals surface area contributed by atoms with Crippen LogP contribution < -0.4 is 10.5 Å². The summed E-state index contributed by atoms with van der Waals surface area (Å²) in [5.41, 5.74) is 5.51. The van der Waals surface area contributed by atoms with E-state index in [9.17, 15) is 8.42 Å². The van der Waals surface area contributed by atoms with Crippen LogP contribution in [-0.2, 0) is 10.2 Å². The number of hydrogen-bond donors (Lipinski definition) is 2. The van der Waals surface area contributed by atoms with Crippen molar-refractivity contribution >= 4 is 27.4 Å². The van der Waals surface area contributed by atoms with Crippen molar-refractivity contribution in [3.05, 3.63) is 0 Å². The van der Waals surface area contributed by atoms with Crippen LogP contribution in [0.1, 0.15) is 26.7 Å². The maximum atomic E-state index is 12.1. The van der Waals surface area contributed by atoms with Crippen LogP contribution in [-0.4, -0.2) is 61.4 Å². The van der Waals surface area contributed by atoms with Gasteiger partial charge in [-0.2, -0.15) is 17.4 Å². The minimum atomic E-state index is -3.35. The maximum Gasteiger partial charge on any atom is 0.279 e. The van der Waals surface area contributed by atoms with Crippen molar-refractivity contribution in [2.75, 3.05) is 32.7 Å². The summed E-state index contributed by atoms with van der Waals surface area (Å²) in [5, 5.41) is 0. The van der Waals surface area contributed by atoms with E-state index in [4.69, 9.17) is 18.0 Å². The number of nitrogens with one attached hydrogen (secondary N) is 1. The molecule has 19 heavy (non-hydrogen) atoms. The van der Waals surface area contributed by atoms with Gasteiger partial charge in [-0.25, -0.2) is 0 Å². The van der Waals surface area contributed by atoms with Crippen molar-refractivity contribution in [3.63, 3.8) is 0 Å². The second kappa shape index (κ2) is 7.49. The molecule has 112 valence electrons. The lowest BCUT2D eigenvalue weighted by atomic mass is 10.1. The quantitative estimate of drug-likeness (QED) is 0.643. The summed E-state index contributed by atoms with van der Waals surface area (Å²) in [6.07, 6.45) is 1.59. The van der Waals surface area contributed by atoms with Crippen LogP contribution in [0.2, 0.25) is 0 Å². The first kappa shape index (κ1) is 16.8. The minimum Gasteiger partial charge on any atom is -0.392 e. The Morgan fingerprint density at radius 2 is 1.89 bits per heavy atom. The molecule has 3 N–H and O–H groups in total. The summed E-state index contributed by atoms with van der Waals surface area (Å²) in [6.45, 7) is 6.93. The smallest absolute Gasteiger partial charge is 0.279 e. The van der Waals surface area contributed by atoms with E-state index in [1.54, 1.807) is 0 Å². The molecule has 1 aliphatic rings. The van der Waals surface area contributed by atoms with Crippen molar-refractivity contribution in [3.8, 4) is 0 Å². The Bertz CT molecular complexity index is 387. The number of piperidine rings is 1. The van der Waals surface area contributed by atoms with Gasteiger partial charge in [0.05, 0.1) is 4.99 Å². The lowest BCUT2D eigenvalue weighted by Crippen LogP contribution is -2.50. The molecule has 1 rings (SSSR count). The molecule has 0 bridgehead atoms. The monoisotopic (exact) mass is 308 g/mol. The highest BCUT2D eigenvalue weighted by Crippen LogP contribution is 2.12. The van der Waals surface area contributed by atoms with E-state index in [0.717, 1.165) is 25.9 Å². The lowest BCUT2D eigenvalue weighted by Gasteiger charge is -2.32. The highest BCUT2D eigenvalue weighted by Gasteiger charge is 2.26. The summed E-state index contributed by atoms with van der Waals surface area (Å²) < 4.78 is 28.4. The van der Waals surface area contributed by atoms with E-state index < -0.39 is 10.2 Å². The second-order valence-corrected chi connectivity index (χ2v) is 6.95. The van der Waals surface area contributed by atoms with E-state index in [2.05, 4.69) is 9.62 Å². The van der Waals surface area contributed by atoms with Gasteiger partial charge < -0.3 is 5.73 Å². The minimum absolute atomic E-state index is 0.00759. The summed E-state index contributed by atoms with van der Waals surface area (Å²) in [4.78, 5) is 2.65. The molecule has 0 radical (unpaired) electrons. The summed E-state index contributed by atoms with van der Waals surface area (Å²) in [5.74, 6) is 0. The average molecular weight is 308 g/mol. The largest absolute Gasteiger partial charge is 0.392 e. The standard InChI is InChI=1S/C11H24N4O2S2/c1-3-15(4-2)19(16,17)13-10-5-7-14(8-6-10)9-11(12)18/h10,13H,3-9H2,1-2H3,(H2,12,18). The van der Waals surface area contributed by atoms with Gasteiger partial charge in [0.1, 0.15) is 0 Å². The van der Waals surface area contributed by atoms with E-state index in [-0.39, 0.29) is 6.04 Å². The van der Waals surface area contributed by atoms with E-state index in [0.29, 0.717) is 24.6 Å². The average Bonchev–Trinajstić information content (AvgIpc) is 2.31. The topological polar surface area (TPSA) is 78.7 Å². The molecule has 0 spiro atoms. The molecule has 0 aliphatic carbocycles. The van der Waals surface area contributed by atoms with Crippen molar-refractivity contribution < 1.29 is 8.42 Å². The second-order valence-electron chi connectivity index (χ2n) is 4.72. The van der Waals surface area contributed by atoms with Gasteiger partial charge in [0, 0.05) is 38.8 Å². The van der Waals surface area contributed by atoms with Gasteiger partial charge in [0.25, 0.3) is 10.2 Å². The highest BCUT2D eigenvalue weighted by atomic mass is 32.2. The molecule has 6 nitrogen and oxygen atoms in total. The van der Waals surface area contributed by atoms with Gasteiger partial charge in [-0.1, -0.05) is 26.1 Å². The number of nitrogens with two attached hydrogens (primary N) is 1. The zero-order chi connectivity index (χ0) is 14.5. The number of hydrogen-bond acceptors (Lipinski definition) is 4. The fourth-order valence-corrected chi connectivity index (χ4v) is 3.95. The molecule has 1 aliphatic heterocycles. The Morgan fingerprint density at radius 1 is 1.37 bits per heavy atom. The van der Waals surface area contributed by atoms with Gasteiger partial charge in [-0.15, -0.1) is 0 Å². The number of thiocarbonyl (C=S) groups is 1. The summed E-state index contributed by atoms with van der Waals surface area (Å²) in [6, 6.07) is 0.00759. The van der Waals surface area contributed by atoms with Crippen LogP contribution in [0.25, 0.3) is 0 Å². The summed E-state index contributed by atoms with van der Waals surface area (Å²) >= 11 is 4.88. The molecular formula is C11H24N4O2S2. The fraction of sp³-hybridized carbons (Fsp3) is 0.909. The van der Waals surface area contributed by atoms with Gasteiger partial charge in [0.2, 0.25) is 0 Å². The molecule has 0 amide bonds. The summed E-state index contributed by atoms with van der Waals surface area (Å²) in [7, 11) is -3.35. The van der Waals surface area contributed by atoms with Crippen LogP contribution in [0.15, 0.2) is 0 Å². The van der Waals surface area contributed by atoms with Crippen molar-refractivity contribution in [1.82, 2.24) is 13.9 Å². The number of nitrogens with zero attached hydrogens (tertiary/aromatic N) is 2. The third-order valence-corrected chi connectivity index (χ3v) is 5.28. The molecule has 0 aromatic carbocycles. The Labute approximate surface area is 121 Å². The number of likely N-dealkylation sites (tertiary alicyclic amines) is 1. The first-order valence-electron chi connectivity index (χ1n) is 6.67. The first-order valence-corrected chi connectivity index (χ1v) is 8.52. The molecule has 1 saturated heterocycles. The van der Waals surface area contributed by atoms with Crippen LogP contribution in [0.3, 0.4) is 0 Å². The predicted molar refractivity (Wildman–Crippen MR) is 81.2 cm³/mol. The molecule has 0 atom stereocenters. The van der Waals surface area contributed by atoms with Gasteiger partial charge >= 0.3 is 0 Å². The Morgan fingerprint density at radius 3 is 2.32 bits per heavy atom. The van der Waals surface area contributed by atoms with E-state index in [1.165, 1.54) is 4.31 Å². The molecule has 0 saturated carbocycles. The van der Waals surface area contributed by atoms with Gasteiger partial charge in [-0.05, 0) is 12.8 Å². The Hall–Kier alpha value is -0.280. The van der Waals surface area contributed by atoms with Crippen LogP contribution >= 0.6 is 12.2 Å². The van der Waals surface area contributed by atoms with E-state index in [1.807, 2.05) is 13.8 Å². The van der Waals surface area contributed by atoms with Gasteiger partial charge in [0.15, 0.2) is 0 Å². The zero-order valence-electron chi connectivity index (χ0n) is 11.6. The van der Waals surface area contributed by atoms with Gasteiger partial charge in [-0.3, -0.25) is 4.90 Å². The molecule has 8 heteroatoms. The molecule has 1 heterocycles. The van der Waals surface area contributed by atoms with Crippen LogP contribution in [0.4, 0.5) is 0 Å². The third-order valence-electron chi connectivity index (χ3n) is 3.33. The van der Waals surface area contributed by atoms with Crippen molar-refractivity contribution in [1.29, 1.82) is 0 Å². The first-order chi connectivity index (χ1) is 8.89. The lowest BCUT2D eigenvalue weighted by molar-refractivity contribution is 0.231. The highest BCUT2D eigenvalue weighted by molar-refractivity contribution is 7.87. The SMILES string of the molecule is CCN(CC)S(=O)(=O)NC1CCN(CC(N)=S)CC1. The van der Waals surface area contributed by atoms with E-state index >= 15 is 0 Å².